The highest BCUT2D eigenvalue weighted by atomic mass is 16.7. The van der Waals surface area contributed by atoms with Crippen LogP contribution in [0.25, 0.3) is 0 Å². The second-order valence-electron chi connectivity index (χ2n) is 8.66. The van der Waals surface area contributed by atoms with Gasteiger partial charge in [0, 0.05) is 24.2 Å². The molecule has 4 saturated heterocycles. The summed E-state index contributed by atoms with van der Waals surface area (Å²) in [6, 6.07) is 8.82. The van der Waals surface area contributed by atoms with E-state index in [9.17, 15) is 4.79 Å². The van der Waals surface area contributed by atoms with Gasteiger partial charge in [0.1, 0.15) is 5.69 Å². The predicted molar refractivity (Wildman–Crippen MR) is 106 cm³/mol. The van der Waals surface area contributed by atoms with E-state index in [1.165, 1.54) is 18.4 Å². The number of nitrogens with one attached hydrogen (secondary N) is 1. The molecule has 1 aromatic heterocycles. The fraction of sp³-hybridized carbons (Fsp3) is 0.545. The maximum atomic E-state index is 13.5. The molecule has 29 heavy (non-hydrogen) atoms. The Bertz CT molecular complexity index is 949. The van der Waals surface area contributed by atoms with Crippen LogP contribution in [0.3, 0.4) is 0 Å². The van der Waals surface area contributed by atoms with Gasteiger partial charge in [-0.2, -0.15) is 5.10 Å². The minimum atomic E-state index is 0.0629. The largest absolute Gasteiger partial charge is 0.454 e. The molecule has 0 unspecified atom stereocenters. The molecule has 6 heterocycles. The average molecular weight is 394 g/mol. The van der Waals surface area contributed by atoms with Crippen LogP contribution in [0, 0.1) is 5.92 Å². The van der Waals surface area contributed by atoms with Gasteiger partial charge >= 0.3 is 0 Å². The van der Waals surface area contributed by atoms with E-state index in [1.807, 2.05) is 12.1 Å². The van der Waals surface area contributed by atoms with E-state index in [-0.39, 0.29) is 24.7 Å². The highest BCUT2D eigenvalue weighted by molar-refractivity contribution is 5.93. The van der Waals surface area contributed by atoms with Crippen LogP contribution in [0.15, 0.2) is 24.3 Å². The predicted octanol–water partition coefficient (Wildman–Crippen LogP) is 2.40. The molecule has 5 aliphatic heterocycles. The number of benzene rings is 1. The quantitative estimate of drug-likeness (QED) is 0.866. The fourth-order valence-corrected chi connectivity index (χ4v) is 5.89. The van der Waals surface area contributed by atoms with Crippen molar-refractivity contribution < 1.29 is 14.3 Å². The monoisotopic (exact) mass is 394 g/mol. The molecule has 5 aliphatic rings. The van der Waals surface area contributed by atoms with Crippen LogP contribution >= 0.6 is 0 Å². The molecule has 0 spiro atoms. The van der Waals surface area contributed by atoms with Crippen molar-refractivity contribution in [2.24, 2.45) is 5.92 Å². The van der Waals surface area contributed by atoms with Gasteiger partial charge in [-0.15, -0.1) is 0 Å². The van der Waals surface area contributed by atoms with Crippen molar-refractivity contribution in [2.75, 3.05) is 26.4 Å². The van der Waals surface area contributed by atoms with E-state index >= 15 is 0 Å². The second kappa shape index (κ2) is 6.49. The molecule has 2 bridgehead atoms. The van der Waals surface area contributed by atoms with Crippen LogP contribution in [-0.4, -0.2) is 64.4 Å². The maximum absolute atomic E-state index is 13.5. The van der Waals surface area contributed by atoms with Crippen molar-refractivity contribution in [3.8, 4) is 11.5 Å². The van der Waals surface area contributed by atoms with E-state index in [0.29, 0.717) is 17.7 Å². The SMILES string of the molecule is CCc1cc(C(=O)N2C[C@@H](c3ccc4c(c3)OCO4)[C@@H]3[C@H]2C2CCN3CC2)n[nH]1. The van der Waals surface area contributed by atoms with Crippen LogP contribution in [0.1, 0.15) is 47.4 Å². The molecule has 7 heteroatoms. The first kappa shape index (κ1) is 17.3. The zero-order valence-corrected chi connectivity index (χ0v) is 16.6. The first-order chi connectivity index (χ1) is 14.2. The summed E-state index contributed by atoms with van der Waals surface area (Å²) in [7, 11) is 0. The number of hydrogen-bond donors (Lipinski definition) is 1. The van der Waals surface area contributed by atoms with Gasteiger partial charge in [-0.05, 0) is 62.0 Å². The molecule has 0 radical (unpaired) electrons. The minimum Gasteiger partial charge on any atom is -0.454 e. The van der Waals surface area contributed by atoms with Crippen molar-refractivity contribution in [1.82, 2.24) is 20.0 Å². The highest BCUT2D eigenvalue weighted by Crippen LogP contribution is 2.48. The molecule has 1 aromatic carbocycles. The summed E-state index contributed by atoms with van der Waals surface area (Å²) in [6.45, 7) is 5.35. The smallest absolute Gasteiger partial charge is 0.274 e. The molecule has 152 valence electrons. The van der Waals surface area contributed by atoms with Crippen molar-refractivity contribution in [2.45, 2.75) is 44.2 Å². The number of aromatic nitrogens is 2. The van der Waals surface area contributed by atoms with E-state index < -0.39 is 0 Å². The van der Waals surface area contributed by atoms with Gasteiger partial charge in [0.05, 0.1) is 6.04 Å². The van der Waals surface area contributed by atoms with Gasteiger partial charge in [-0.1, -0.05) is 13.0 Å². The van der Waals surface area contributed by atoms with Gasteiger partial charge in [-0.25, -0.2) is 0 Å². The Labute approximate surface area is 170 Å². The third-order valence-corrected chi connectivity index (χ3v) is 7.31. The van der Waals surface area contributed by atoms with E-state index in [2.05, 4.69) is 39.1 Å². The molecule has 1 N–H and O–H groups in total. The Morgan fingerprint density at radius 2 is 2.00 bits per heavy atom. The summed E-state index contributed by atoms with van der Waals surface area (Å²) >= 11 is 0. The molecular formula is C22H26N4O3. The Morgan fingerprint density at radius 1 is 1.17 bits per heavy atom. The number of aryl methyl sites for hydroxylation is 1. The summed E-state index contributed by atoms with van der Waals surface area (Å²) in [5, 5.41) is 7.31. The Morgan fingerprint density at radius 3 is 2.79 bits per heavy atom. The zero-order valence-electron chi connectivity index (χ0n) is 16.6. The van der Waals surface area contributed by atoms with E-state index in [1.54, 1.807) is 0 Å². The number of ether oxygens (including phenoxy) is 2. The van der Waals surface area contributed by atoms with Crippen molar-refractivity contribution in [3.63, 3.8) is 0 Å². The van der Waals surface area contributed by atoms with Crippen molar-refractivity contribution in [1.29, 1.82) is 0 Å². The van der Waals surface area contributed by atoms with Gasteiger partial charge in [0.2, 0.25) is 6.79 Å². The summed E-state index contributed by atoms with van der Waals surface area (Å²) in [6.07, 6.45) is 3.21. The average Bonchev–Trinajstić information content (AvgIpc) is 3.51. The summed E-state index contributed by atoms with van der Waals surface area (Å²) in [5.74, 6) is 2.56. The van der Waals surface area contributed by atoms with Gasteiger partial charge in [0.15, 0.2) is 11.5 Å². The molecule has 3 atom stereocenters. The lowest BCUT2D eigenvalue weighted by Gasteiger charge is -2.51. The fourth-order valence-electron chi connectivity index (χ4n) is 5.89. The molecule has 2 aromatic rings. The molecule has 4 fully saturated rings. The standard InChI is InChI=1S/C22H26N4O3/c1-2-15-10-17(24-23-15)22(27)26-11-16(14-3-4-18-19(9-14)29-12-28-18)21-20(26)13-5-7-25(21)8-6-13/h3-4,9-10,13,16,20-21H,2,5-8,11-12H2,1H3,(H,23,24)/t16-,20+,21+/m0/s1. The van der Waals surface area contributed by atoms with Gasteiger partial charge in [0.25, 0.3) is 5.91 Å². The number of aromatic amines is 1. The lowest BCUT2D eigenvalue weighted by molar-refractivity contribution is -0.00359. The number of piperidine rings is 3. The normalized spacial score (nSPS) is 31.9. The number of hydrogen-bond acceptors (Lipinski definition) is 5. The number of rotatable bonds is 3. The van der Waals surface area contributed by atoms with Crippen LogP contribution < -0.4 is 9.47 Å². The van der Waals surface area contributed by atoms with E-state index in [4.69, 9.17) is 9.47 Å². The van der Waals surface area contributed by atoms with Crippen LogP contribution in [0.2, 0.25) is 0 Å². The van der Waals surface area contributed by atoms with Crippen molar-refractivity contribution in [3.05, 3.63) is 41.2 Å². The number of amides is 1. The molecule has 7 rings (SSSR count). The molecular weight excluding hydrogens is 368 g/mol. The number of carbonyl (C=O) groups is 1. The van der Waals surface area contributed by atoms with Crippen LogP contribution in [-0.2, 0) is 6.42 Å². The third-order valence-electron chi connectivity index (χ3n) is 7.31. The molecule has 0 aliphatic carbocycles. The highest BCUT2D eigenvalue weighted by Gasteiger charge is 2.55. The lowest BCUT2D eigenvalue weighted by Crippen LogP contribution is -2.60. The van der Waals surface area contributed by atoms with Crippen LogP contribution in [0.4, 0.5) is 0 Å². The lowest BCUT2D eigenvalue weighted by atomic mass is 9.75. The Hall–Kier alpha value is -2.54. The van der Waals surface area contributed by atoms with Gasteiger partial charge < -0.3 is 14.4 Å². The number of carbonyl (C=O) groups excluding carboxylic acids is 1. The Balaban J connectivity index is 1.37. The number of nitrogens with zero attached hydrogens (tertiary/aromatic N) is 3. The molecule has 7 nitrogen and oxygen atoms in total. The number of fused-ring (bicyclic) bond motifs is 3. The number of likely N-dealkylation sites (tertiary alicyclic amines) is 1. The van der Waals surface area contributed by atoms with Gasteiger partial charge in [-0.3, -0.25) is 14.8 Å². The summed E-state index contributed by atoms with van der Waals surface area (Å²) in [5.41, 5.74) is 2.79. The number of H-pyrrole nitrogens is 1. The molecule has 0 saturated carbocycles. The first-order valence-corrected chi connectivity index (χ1v) is 10.7. The second-order valence-corrected chi connectivity index (χ2v) is 8.66. The summed E-state index contributed by atoms with van der Waals surface area (Å²) in [4.78, 5) is 18.2. The topological polar surface area (TPSA) is 70.7 Å². The third kappa shape index (κ3) is 2.60. The first-order valence-electron chi connectivity index (χ1n) is 10.7. The van der Waals surface area contributed by atoms with E-state index in [0.717, 1.165) is 43.2 Å². The maximum Gasteiger partial charge on any atom is 0.274 e. The Kier molecular flexibility index (Phi) is 3.88. The summed E-state index contributed by atoms with van der Waals surface area (Å²) < 4.78 is 11.1. The zero-order chi connectivity index (χ0) is 19.5. The van der Waals surface area contributed by atoms with Crippen molar-refractivity contribution >= 4 is 5.91 Å². The minimum absolute atomic E-state index is 0.0629. The van der Waals surface area contributed by atoms with Crippen LogP contribution in [0.5, 0.6) is 11.5 Å². The molecule has 1 amide bonds.